The normalized spacial score (nSPS) is 14.0. The number of hydrogen-bond acceptors (Lipinski definition) is 3. The Morgan fingerprint density at radius 2 is 1.47 bits per heavy atom. The third-order valence-electron chi connectivity index (χ3n) is 7.38. The van der Waals surface area contributed by atoms with E-state index in [0.717, 1.165) is 54.7 Å². The number of anilines is 1. The molecule has 1 heterocycles. The third kappa shape index (κ3) is 6.40. The van der Waals surface area contributed by atoms with Gasteiger partial charge >= 0.3 is 0 Å². The zero-order valence-corrected chi connectivity index (χ0v) is 22.8. The van der Waals surface area contributed by atoms with Crippen LogP contribution in [-0.4, -0.2) is 42.9 Å². The highest BCUT2D eigenvalue weighted by atomic mass is 16.2. The predicted octanol–water partition coefficient (Wildman–Crippen LogP) is 6.49. The highest BCUT2D eigenvalue weighted by Crippen LogP contribution is 2.33. The van der Waals surface area contributed by atoms with Gasteiger partial charge < -0.3 is 15.5 Å². The average molecular weight is 510 g/mol. The smallest absolute Gasteiger partial charge is 0.253 e. The number of benzene rings is 3. The van der Waals surface area contributed by atoms with Crippen molar-refractivity contribution in [1.82, 2.24) is 10.2 Å². The summed E-state index contributed by atoms with van der Waals surface area (Å²) in [6, 6.07) is 26.1. The summed E-state index contributed by atoms with van der Waals surface area (Å²) in [6.45, 7) is 9.34. The maximum absolute atomic E-state index is 13.2. The summed E-state index contributed by atoms with van der Waals surface area (Å²) in [5, 5.41) is 6.62. The summed E-state index contributed by atoms with van der Waals surface area (Å²) in [6.07, 6.45) is 2.67. The molecule has 1 atom stereocenters. The molecule has 5 heteroatoms. The minimum Gasteiger partial charge on any atom is -0.339 e. The van der Waals surface area contributed by atoms with Gasteiger partial charge in [0.15, 0.2) is 0 Å². The highest BCUT2D eigenvalue weighted by molar-refractivity contribution is 5.97. The topological polar surface area (TPSA) is 61.4 Å². The van der Waals surface area contributed by atoms with E-state index in [1.54, 1.807) is 0 Å². The summed E-state index contributed by atoms with van der Waals surface area (Å²) in [7, 11) is 0. The molecule has 1 saturated heterocycles. The molecular weight excluding hydrogens is 470 g/mol. The monoisotopic (exact) mass is 509 g/mol. The van der Waals surface area contributed by atoms with Crippen LogP contribution in [0.25, 0.3) is 5.57 Å². The van der Waals surface area contributed by atoms with Crippen molar-refractivity contribution in [3.05, 3.63) is 107 Å². The molecule has 2 amide bonds. The van der Waals surface area contributed by atoms with Gasteiger partial charge in [0.2, 0.25) is 5.91 Å². The summed E-state index contributed by atoms with van der Waals surface area (Å²) >= 11 is 0. The molecule has 0 unspecified atom stereocenters. The highest BCUT2D eigenvalue weighted by Gasteiger charge is 2.20. The molecule has 4 rings (SSSR count). The Hall–Kier alpha value is -3.70. The average Bonchev–Trinajstić information content (AvgIpc) is 2.96. The number of amides is 2. The van der Waals surface area contributed by atoms with Gasteiger partial charge in [0, 0.05) is 24.3 Å². The number of nitrogens with zero attached hydrogens (tertiary/aromatic N) is 1. The third-order valence-corrected chi connectivity index (χ3v) is 7.38. The SMILES string of the molecule is CC[C@H](C(=O)Nc1cccc(C(=C2CCNCC2)c2ccc(C(=O)N(CC)CC)cc2)c1)c1ccccc1. The van der Waals surface area contributed by atoms with Crippen LogP contribution < -0.4 is 10.6 Å². The molecule has 0 aromatic heterocycles. The zero-order valence-electron chi connectivity index (χ0n) is 22.8. The molecule has 5 nitrogen and oxygen atoms in total. The quantitative estimate of drug-likeness (QED) is 0.347. The molecule has 2 N–H and O–H groups in total. The second kappa shape index (κ2) is 13.2. The van der Waals surface area contributed by atoms with Gasteiger partial charge in [-0.15, -0.1) is 0 Å². The molecule has 1 aliphatic rings. The van der Waals surface area contributed by atoms with Gasteiger partial charge in [0.05, 0.1) is 5.92 Å². The first-order chi connectivity index (χ1) is 18.5. The van der Waals surface area contributed by atoms with Crippen molar-refractivity contribution >= 4 is 23.1 Å². The van der Waals surface area contributed by atoms with Gasteiger partial charge in [-0.25, -0.2) is 0 Å². The van der Waals surface area contributed by atoms with Crippen molar-refractivity contribution in [2.24, 2.45) is 0 Å². The van der Waals surface area contributed by atoms with E-state index in [2.05, 4.69) is 34.9 Å². The Bertz CT molecular complexity index is 1250. The van der Waals surface area contributed by atoms with Crippen LogP contribution in [0.5, 0.6) is 0 Å². The van der Waals surface area contributed by atoms with Crippen molar-refractivity contribution in [3.8, 4) is 0 Å². The molecule has 0 spiro atoms. The van der Waals surface area contributed by atoms with Crippen LogP contribution in [0, 0.1) is 0 Å². The lowest BCUT2D eigenvalue weighted by atomic mass is 9.88. The van der Waals surface area contributed by atoms with Gasteiger partial charge in [-0.1, -0.05) is 67.1 Å². The van der Waals surface area contributed by atoms with Crippen LogP contribution in [0.3, 0.4) is 0 Å². The summed E-state index contributed by atoms with van der Waals surface area (Å²) in [4.78, 5) is 27.9. The minimum atomic E-state index is -0.196. The van der Waals surface area contributed by atoms with Crippen molar-refractivity contribution < 1.29 is 9.59 Å². The number of carbonyl (C=O) groups is 2. The number of nitrogens with one attached hydrogen (secondary N) is 2. The summed E-state index contributed by atoms with van der Waals surface area (Å²) < 4.78 is 0. The van der Waals surface area contributed by atoms with Gasteiger partial charge in [0.1, 0.15) is 0 Å². The van der Waals surface area contributed by atoms with E-state index in [0.29, 0.717) is 18.7 Å². The molecule has 3 aromatic rings. The fraction of sp³-hybridized carbons (Fsp3) is 0.333. The Balaban J connectivity index is 1.64. The number of carbonyl (C=O) groups excluding carboxylic acids is 2. The van der Waals surface area contributed by atoms with E-state index >= 15 is 0 Å². The maximum Gasteiger partial charge on any atom is 0.253 e. The Kier molecular flexibility index (Phi) is 9.50. The molecule has 0 saturated carbocycles. The van der Waals surface area contributed by atoms with Gasteiger partial charge in [-0.3, -0.25) is 9.59 Å². The van der Waals surface area contributed by atoms with Gasteiger partial charge in [-0.05, 0) is 92.7 Å². The van der Waals surface area contributed by atoms with Crippen LogP contribution in [0.4, 0.5) is 5.69 Å². The van der Waals surface area contributed by atoms with Crippen molar-refractivity contribution in [2.75, 3.05) is 31.5 Å². The van der Waals surface area contributed by atoms with E-state index in [4.69, 9.17) is 0 Å². The minimum absolute atomic E-state index is 0.00573. The molecule has 38 heavy (non-hydrogen) atoms. The maximum atomic E-state index is 13.2. The molecule has 1 aliphatic heterocycles. The van der Waals surface area contributed by atoms with E-state index in [-0.39, 0.29) is 17.7 Å². The summed E-state index contributed by atoms with van der Waals surface area (Å²) in [5.41, 5.74) is 7.29. The molecular formula is C33H39N3O2. The second-order valence-electron chi connectivity index (χ2n) is 9.72. The van der Waals surface area contributed by atoms with E-state index in [1.165, 1.54) is 11.1 Å². The number of rotatable bonds is 9. The Labute approximate surface area is 227 Å². The number of piperidine rings is 1. The fourth-order valence-corrected chi connectivity index (χ4v) is 5.27. The van der Waals surface area contributed by atoms with Crippen LogP contribution in [0.1, 0.15) is 73.0 Å². The lowest BCUT2D eigenvalue weighted by Gasteiger charge is -2.22. The first kappa shape index (κ1) is 27.3. The molecule has 0 bridgehead atoms. The molecule has 198 valence electrons. The van der Waals surface area contributed by atoms with Crippen LogP contribution >= 0.6 is 0 Å². The Morgan fingerprint density at radius 3 is 2.11 bits per heavy atom. The van der Waals surface area contributed by atoms with Crippen molar-refractivity contribution in [3.63, 3.8) is 0 Å². The van der Waals surface area contributed by atoms with E-state index < -0.39 is 0 Å². The predicted molar refractivity (Wildman–Crippen MR) is 156 cm³/mol. The molecule has 0 radical (unpaired) electrons. The standard InChI is InChI=1S/C33H39N3O2/c1-4-30(24-11-8-7-9-12-24)32(37)35-29-14-10-13-28(23-29)31(26-19-21-34-22-20-26)25-15-17-27(18-16-25)33(38)36(5-2)6-3/h7-18,23,30,34H,4-6,19-22H2,1-3H3,(H,35,37)/t30-/m0/s1. The van der Waals surface area contributed by atoms with Crippen LogP contribution in [0.15, 0.2) is 84.4 Å². The largest absolute Gasteiger partial charge is 0.339 e. The summed E-state index contributed by atoms with van der Waals surface area (Å²) in [5.74, 6) is -0.129. The second-order valence-corrected chi connectivity index (χ2v) is 9.72. The van der Waals surface area contributed by atoms with Gasteiger partial charge in [0.25, 0.3) is 5.91 Å². The van der Waals surface area contributed by atoms with E-state index in [9.17, 15) is 9.59 Å². The number of hydrogen-bond donors (Lipinski definition) is 2. The van der Waals surface area contributed by atoms with Crippen molar-refractivity contribution in [1.29, 1.82) is 0 Å². The van der Waals surface area contributed by atoms with Crippen molar-refractivity contribution in [2.45, 2.75) is 46.0 Å². The molecule has 0 aliphatic carbocycles. The lowest BCUT2D eigenvalue weighted by Crippen LogP contribution is -2.30. The Morgan fingerprint density at radius 1 is 0.816 bits per heavy atom. The van der Waals surface area contributed by atoms with Crippen LogP contribution in [-0.2, 0) is 4.79 Å². The van der Waals surface area contributed by atoms with Gasteiger partial charge in [-0.2, -0.15) is 0 Å². The zero-order chi connectivity index (χ0) is 26.9. The lowest BCUT2D eigenvalue weighted by molar-refractivity contribution is -0.117. The first-order valence-corrected chi connectivity index (χ1v) is 13.8. The molecule has 1 fully saturated rings. The fourth-order valence-electron chi connectivity index (χ4n) is 5.27. The van der Waals surface area contributed by atoms with Crippen LogP contribution in [0.2, 0.25) is 0 Å². The first-order valence-electron chi connectivity index (χ1n) is 13.8. The molecule has 3 aromatic carbocycles. The van der Waals surface area contributed by atoms with E-state index in [1.807, 2.05) is 80.3 Å².